The largest absolute Gasteiger partial charge is 0.384 e. The molecule has 0 radical (unpaired) electrons. The molecule has 0 amide bonds. The summed E-state index contributed by atoms with van der Waals surface area (Å²) in [6.45, 7) is 2.34. The lowest BCUT2D eigenvalue weighted by Gasteiger charge is -2.28. The third-order valence-electron chi connectivity index (χ3n) is 2.68. The molecule has 0 spiro atoms. The van der Waals surface area contributed by atoms with E-state index in [0.717, 1.165) is 12.0 Å². The highest BCUT2D eigenvalue weighted by Gasteiger charge is 2.38. The van der Waals surface area contributed by atoms with Crippen LogP contribution in [0.5, 0.6) is 0 Å². The van der Waals surface area contributed by atoms with Crippen molar-refractivity contribution in [2.24, 2.45) is 0 Å². The van der Waals surface area contributed by atoms with Crippen LogP contribution in [0.15, 0.2) is 16.6 Å². The van der Waals surface area contributed by atoms with Gasteiger partial charge in [-0.2, -0.15) is 0 Å². The molecule has 82 valence electrons. The first kappa shape index (κ1) is 10.9. The predicted molar refractivity (Wildman–Crippen MR) is 60.5 cm³/mol. The molecule has 1 aliphatic rings. The van der Waals surface area contributed by atoms with Crippen molar-refractivity contribution in [2.45, 2.75) is 25.7 Å². The molecule has 1 nitrogen and oxygen atoms in total. The van der Waals surface area contributed by atoms with Gasteiger partial charge >= 0.3 is 0 Å². The number of nitrogens with one attached hydrogen (secondary N) is 1. The van der Waals surface area contributed by atoms with Crippen LogP contribution in [-0.2, 0) is 12.3 Å². The first-order chi connectivity index (χ1) is 7.04. The van der Waals surface area contributed by atoms with E-state index in [1.165, 1.54) is 0 Å². The minimum Gasteiger partial charge on any atom is -0.384 e. The SMILES string of the molecule is CCc1cc(Br)c2c(c1)NCCC2(F)F. The molecule has 0 aliphatic carbocycles. The summed E-state index contributed by atoms with van der Waals surface area (Å²) in [5, 5.41) is 3.02. The Hall–Kier alpha value is -0.640. The highest BCUT2D eigenvalue weighted by Crippen LogP contribution is 2.44. The zero-order chi connectivity index (χ0) is 11.1. The van der Waals surface area contributed by atoms with E-state index >= 15 is 0 Å². The fraction of sp³-hybridized carbons (Fsp3) is 0.455. The lowest BCUT2D eigenvalue weighted by atomic mass is 9.97. The molecule has 0 saturated carbocycles. The van der Waals surface area contributed by atoms with Crippen LogP contribution in [0.2, 0.25) is 0 Å². The summed E-state index contributed by atoms with van der Waals surface area (Å²) < 4.78 is 27.8. The van der Waals surface area contributed by atoms with Gasteiger partial charge in [0.2, 0.25) is 0 Å². The first-order valence-electron chi connectivity index (χ1n) is 4.99. The Morgan fingerprint density at radius 1 is 1.47 bits per heavy atom. The number of hydrogen-bond acceptors (Lipinski definition) is 1. The molecule has 4 heteroatoms. The van der Waals surface area contributed by atoms with Crippen LogP contribution in [0.3, 0.4) is 0 Å². The highest BCUT2D eigenvalue weighted by molar-refractivity contribution is 9.10. The number of aryl methyl sites for hydroxylation is 1. The molecular formula is C11H12BrF2N. The van der Waals surface area contributed by atoms with Gasteiger partial charge in [0, 0.05) is 23.1 Å². The molecule has 1 aromatic carbocycles. The van der Waals surface area contributed by atoms with E-state index < -0.39 is 5.92 Å². The molecule has 1 aliphatic heterocycles. The van der Waals surface area contributed by atoms with Crippen LogP contribution < -0.4 is 5.32 Å². The second-order valence-corrected chi connectivity index (χ2v) is 4.59. The quantitative estimate of drug-likeness (QED) is 0.819. The average molecular weight is 276 g/mol. The van der Waals surface area contributed by atoms with Crippen molar-refractivity contribution in [3.63, 3.8) is 0 Å². The van der Waals surface area contributed by atoms with Crippen LogP contribution >= 0.6 is 15.9 Å². The maximum Gasteiger partial charge on any atom is 0.278 e. The van der Waals surface area contributed by atoms with Gasteiger partial charge in [0.25, 0.3) is 5.92 Å². The number of fused-ring (bicyclic) bond motifs is 1. The Bertz CT molecular complexity index is 390. The third-order valence-corrected chi connectivity index (χ3v) is 3.30. The molecule has 2 rings (SSSR count). The molecule has 0 bridgehead atoms. The summed E-state index contributed by atoms with van der Waals surface area (Å²) in [4.78, 5) is 0. The standard InChI is InChI=1S/C11H12BrF2N/c1-2-7-5-8(12)10-9(6-7)15-4-3-11(10,13)14/h5-6,15H,2-4H2,1H3. The number of benzene rings is 1. The lowest BCUT2D eigenvalue weighted by molar-refractivity contribution is -0.0130. The molecule has 1 N–H and O–H groups in total. The van der Waals surface area contributed by atoms with Crippen LogP contribution in [0.25, 0.3) is 0 Å². The van der Waals surface area contributed by atoms with Crippen molar-refractivity contribution >= 4 is 21.6 Å². The molecule has 0 fully saturated rings. The normalized spacial score (nSPS) is 18.1. The minimum absolute atomic E-state index is 0.103. The average Bonchev–Trinajstić information content (AvgIpc) is 2.15. The van der Waals surface area contributed by atoms with Gasteiger partial charge in [-0.15, -0.1) is 0 Å². The molecular weight excluding hydrogens is 264 g/mol. The van der Waals surface area contributed by atoms with E-state index in [1.807, 2.05) is 13.0 Å². The van der Waals surface area contributed by atoms with Crippen molar-refractivity contribution in [2.75, 3.05) is 11.9 Å². The summed E-state index contributed by atoms with van der Waals surface area (Å²) in [5.41, 5.74) is 1.73. The molecule has 15 heavy (non-hydrogen) atoms. The van der Waals surface area contributed by atoms with Gasteiger partial charge in [-0.1, -0.05) is 22.9 Å². The summed E-state index contributed by atoms with van der Waals surface area (Å²) in [5.74, 6) is -2.72. The van der Waals surface area contributed by atoms with Crippen LogP contribution in [0, 0.1) is 0 Å². The van der Waals surface area contributed by atoms with Crippen molar-refractivity contribution in [1.82, 2.24) is 0 Å². The number of alkyl halides is 2. The van der Waals surface area contributed by atoms with Gasteiger partial charge < -0.3 is 5.32 Å². The first-order valence-corrected chi connectivity index (χ1v) is 5.78. The lowest BCUT2D eigenvalue weighted by Crippen LogP contribution is -2.26. The van der Waals surface area contributed by atoms with E-state index in [9.17, 15) is 8.78 Å². The number of halogens is 3. The van der Waals surface area contributed by atoms with E-state index in [1.54, 1.807) is 6.07 Å². The molecule has 0 aromatic heterocycles. The van der Waals surface area contributed by atoms with Gasteiger partial charge in [0.15, 0.2) is 0 Å². The number of rotatable bonds is 1. The van der Waals surface area contributed by atoms with Crippen LogP contribution in [0.4, 0.5) is 14.5 Å². The number of hydrogen-bond donors (Lipinski definition) is 1. The zero-order valence-corrected chi connectivity index (χ0v) is 10.00. The zero-order valence-electron chi connectivity index (χ0n) is 8.41. The fourth-order valence-electron chi connectivity index (χ4n) is 1.86. The minimum atomic E-state index is -2.72. The van der Waals surface area contributed by atoms with E-state index in [4.69, 9.17) is 0 Å². The second kappa shape index (κ2) is 3.74. The topological polar surface area (TPSA) is 12.0 Å². The monoisotopic (exact) mass is 275 g/mol. The van der Waals surface area contributed by atoms with Crippen LogP contribution in [0.1, 0.15) is 24.5 Å². The van der Waals surface area contributed by atoms with E-state index in [2.05, 4.69) is 21.2 Å². The van der Waals surface area contributed by atoms with Crippen LogP contribution in [-0.4, -0.2) is 6.54 Å². The Kier molecular flexibility index (Phi) is 2.71. The molecule has 1 aromatic rings. The van der Waals surface area contributed by atoms with Gasteiger partial charge in [0.1, 0.15) is 0 Å². The van der Waals surface area contributed by atoms with Crippen molar-refractivity contribution < 1.29 is 8.78 Å². The van der Waals surface area contributed by atoms with Gasteiger partial charge in [-0.3, -0.25) is 0 Å². The Morgan fingerprint density at radius 2 is 2.20 bits per heavy atom. The Labute approximate surface area is 96.0 Å². The van der Waals surface area contributed by atoms with Crippen molar-refractivity contribution in [3.05, 3.63) is 27.7 Å². The fourth-order valence-corrected chi connectivity index (χ4v) is 2.65. The summed E-state index contributed by atoms with van der Waals surface area (Å²) in [6, 6.07) is 3.59. The smallest absolute Gasteiger partial charge is 0.278 e. The van der Waals surface area contributed by atoms with Gasteiger partial charge in [-0.05, 0) is 24.1 Å². The van der Waals surface area contributed by atoms with Gasteiger partial charge in [-0.25, -0.2) is 8.78 Å². The molecule has 1 heterocycles. The third kappa shape index (κ3) is 1.87. The highest BCUT2D eigenvalue weighted by atomic mass is 79.9. The summed E-state index contributed by atoms with van der Waals surface area (Å²) in [6.07, 6.45) is 0.712. The second-order valence-electron chi connectivity index (χ2n) is 3.73. The predicted octanol–water partition coefficient (Wildman–Crippen LogP) is 3.92. The maximum absolute atomic E-state index is 13.6. The number of anilines is 1. The maximum atomic E-state index is 13.6. The summed E-state index contributed by atoms with van der Waals surface area (Å²) in [7, 11) is 0. The Morgan fingerprint density at radius 3 is 2.87 bits per heavy atom. The van der Waals surface area contributed by atoms with Crippen molar-refractivity contribution in [3.8, 4) is 0 Å². The van der Waals surface area contributed by atoms with E-state index in [-0.39, 0.29) is 12.0 Å². The van der Waals surface area contributed by atoms with Gasteiger partial charge in [0.05, 0.1) is 5.56 Å². The molecule has 0 unspecified atom stereocenters. The summed E-state index contributed by atoms with van der Waals surface area (Å²) >= 11 is 3.23. The molecule has 0 atom stereocenters. The van der Waals surface area contributed by atoms with E-state index in [0.29, 0.717) is 16.7 Å². The van der Waals surface area contributed by atoms with Crippen molar-refractivity contribution in [1.29, 1.82) is 0 Å². The molecule has 0 saturated heterocycles. The Balaban J connectivity index is 2.58.